The second-order valence-electron chi connectivity index (χ2n) is 5.17. The number of rotatable bonds is 4. The maximum atomic E-state index is 12.8. The van der Waals surface area contributed by atoms with Crippen LogP contribution in [0.15, 0.2) is 24.3 Å². The maximum Gasteiger partial charge on any atom is 0.417 e. The highest BCUT2D eigenvalue weighted by atomic mass is 19.4. The number of hydrogen-bond acceptors (Lipinski definition) is 2. The van der Waals surface area contributed by atoms with Gasteiger partial charge in [-0.3, -0.25) is 9.59 Å². The van der Waals surface area contributed by atoms with Crippen molar-refractivity contribution in [1.82, 2.24) is 5.32 Å². The van der Waals surface area contributed by atoms with E-state index in [2.05, 4.69) is 5.32 Å². The van der Waals surface area contributed by atoms with Gasteiger partial charge in [0.1, 0.15) is 0 Å². The van der Waals surface area contributed by atoms with Gasteiger partial charge in [0.25, 0.3) is 5.91 Å². The van der Waals surface area contributed by atoms with Crippen LogP contribution >= 0.6 is 0 Å². The summed E-state index contributed by atoms with van der Waals surface area (Å²) in [4.78, 5) is 23.1. The number of alkyl halides is 3. The van der Waals surface area contributed by atoms with Crippen molar-refractivity contribution < 1.29 is 27.9 Å². The molecule has 1 amide bonds. The van der Waals surface area contributed by atoms with Crippen molar-refractivity contribution in [2.24, 2.45) is 5.41 Å². The van der Waals surface area contributed by atoms with Crippen LogP contribution in [0, 0.1) is 5.41 Å². The summed E-state index contributed by atoms with van der Waals surface area (Å²) in [5, 5.41) is 11.4. The van der Waals surface area contributed by atoms with E-state index in [0.29, 0.717) is 12.8 Å². The van der Waals surface area contributed by atoms with Crippen molar-refractivity contribution in [2.75, 3.05) is 6.54 Å². The molecule has 0 saturated heterocycles. The summed E-state index contributed by atoms with van der Waals surface area (Å²) >= 11 is 0. The van der Waals surface area contributed by atoms with Crippen LogP contribution in [-0.2, 0) is 11.0 Å². The van der Waals surface area contributed by atoms with E-state index in [-0.39, 0.29) is 6.54 Å². The first-order valence-corrected chi connectivity index (χ1v) is 6.44. The summed E-state index contributed by atoms with van der Waals surface area (Å²) in [7, 11) is 0. The fourth-order valence-electron chi connectivity index (χ4n) is 2.34. The first kappa shape index (κ1) is 15.3. The van der Waals surface area contributed by atoms with Crippen molar-refractivity contribution in [3.8, 4) is 0 Å². The Balaban J connectivity index is 2.13. The van der Waals surface area contributed by atoms with Gasteiger partial charge in [0.2, 0.25) is 0 Å². The Kier molecular flexibility index (Phi) is 3.93. The van der Waals surface area contributed by atoms with E-state index in [1.54, 1.807) is 0 Å². The third-order valence-electron chi connectivity index (χ3n) is 3.83. The molecule has 7 heteroatoms. The second kappa shape index (κ2) is 5.38. The van der Waals surface area contributed by atoms with E-state index in [1.165, 1.54) is 12.1 Å². The Morgan fingerprint density at radius 2 is 1.86 bits per heavy atom. The average Bonchev–Trinajstić information content (AvgIpc) is 2.35. The molecule has 1 aromatic rings. The molecule has 1 saturated carbocycles. The zero-order valence-electron chi connectivity index (χ0n) is 11.0. The first-order chi connectivity index (χ1) is 9.76. The Hall–Kier alpha value is -2.05. The fraction of sp³-hybridized carbons (Fsp3) is 0.429. The number of benzene rings is 1. The fourth-order valence-corrected chi connectivity index (χ4v) is 2.34. The van der Waals surface area contributed by atoms with Crippen LogP contribution in [0.5, 0.6) is 0 Å². The van der Waals surface area contributed by atoms with Gasteiger partial charge < -0.3 is 10.4 Å². The molecule has 1 fully saturated rings. The van der Waals surface area contributed by atoms with Crippen molar-refractivity contribution in [2.45, 2.75) is 25.4 Å². The third-order valence-corrected chi connectivity index (χ3v) is 3.83. The predicted octanol–water partition coefficient (Wildman–Crippen LogP) is 2.69. The monoisotopic (exact) mass is 301 g/mol. The third kappa shape index (κ3) is 3.01. The molecule has 21 heavy (non-hydrogen) atoms. The highest BCUT2D eigenvalue weighted by Gasteiger charge is 2.44. The SMILES string of the molecule is O=C(NCC1(C(=O)O)CCC1)c1ccccc1C(F)(F)F. The number of carboxylic acid groups (broad SMARTS) is 1. The van der Waals surface area contributed by atoms with Crippen LogP contribution in [0.1, 0.15) is 35.2 Å². The lowest BCUT2D eigenvalue weighted by atomic mass is 9.69. The van der Waals surface area contributed by atoms with Gasteiger partial charge in [-0.2, -0.15) is 13.2 Å². The minimum Gasteiger partial charge on any atom is -0.481 e. The van der Waals surface area contributed by atoms with Gasteiger partial charge in [0.15, 0.2) is 0 Å². The van der Waals surface area contributed by atoms with E-state index < -0.39 is 34.6 Å². The minimum atomic E-state index is -4.63. The topological polar surface area (TPSA) is 66.4 Å². The molecule has 0 radical (unpaired) electrons. The average molecular weight is 301 g/mol. The van der Waals surface area contributed by atoms with E-state index in [1.807, 2.05) is 0 Å². The lowest BCUT2D eigenvalue weighted by molar-refractivity contribution is -0.153. The molecular weight excluding hydrogens is 287 g/mol. The van der Waals surface area contributed by atoms with Crippen LogP contribution in [0.3, 0.4) is 0 Å². The molecule has 0 heterocycles. The molecule has 0 unspecified atom stereocenters. The zero-order valence-corrected chi connectivity index (χ0v) is 11.0. The van der Waals surface area contributed by atoms with Crippen LogP contribution in [0.4, 0.5) is 13.2 Å². The number of carboxylic acids is 1. The molecule has 1 aliphatic rings. The molecular formula is C14H14F3NO3. The summed E-state index contributed by atoms with van der Waals surface area (Å²) in [5.74, 6) is -1.94. The summed E-state index contributed by atoms with van der Waals surface area (Å²) in [6, 6.07) is 4.43. The lowest BCUT2D eigenvalue weighted by Gasteiger charge is -2.37. The number of carbonyl (C=O) groups excluding carboxylic acids is 1. The highest BCUT2D eigenvalue weighted by Crippen LogP contribution is 2.40. The van der Waals surface area contributed by atoms with Crippen molar-refractivity contribution >= 4 is 11.9 Å². The van der Waals surface area contributed by atoms with Gasteiger partial charge >= 0.3 is 12.1 Å². The van der Waals surface area contributed by atoms with Gasteiger partial charge in [0, 0.05) is 6.54 Å². The van der Waals surface area contributed by atoms with Crippen molar-refractivity contribution in [3.05, 3.63) is 35.4 Å². The molecule has 0 aromatic heterocycles. The largest absolute Gasteiger partial charge is 0.481 e. The molecule has 2 rings (SSSR count). The standard InChI is InChI=1S/C14H14F3NO3/c15-14(16,17)10-5-2-1-4-9(10)11(19)18-8-13(12(20)21)6-3-7-13/h1-2,4-5H,3,6-8H2,(H,18,19)(H,20,21). The normalized spacial score (nSPS) is 16.9. The van der Waals surface area contributed by atoms with Crippen LogP contribution in [0.25, 0.3) is 0 Å². The van der Waals surface area contributed by atoms with E-state index in [9.17, 15) is 22.8 Å². The molecule has 4 nitrogen and oxygen atoms in total. The Bertz CT molecular complexity index is 565. The molecule has 2 N–H and O–H groups in total. The van der Waals surface area contributed by atoms with E-state index in [4.69, 9.17) is 5.11 Å². The van der Waals surface area contributed by atoms with E-state index in [0.717, 1.165) is 18.6 Å². The molecule has 114 valence electrons. The van der Waals surface area contributed by atoms with Gasteiger partial charge in [-0.15, -0.1) is 0 Å². The zero-order chi connectivity index (χ0) is 15.7. The highest BCUT2D eigenvalue weighted by molar-refractivity contribution is 5.96. The second-order valence-corrected chi connectivity index (χ2v) is 5.17. The molecule has 0 spiro atoms. The van der Waals surface area contributed by atoms with Gasteiger partial charge in [-0.1, -0.05) is 18.6 Å². The first-order valence-electron chi connectivity index (χ1n) is 6.44. The van der Waals surface area contributed by atoms with E-state index >= 15 is 0 Å². The Morgan fingerprint density at radius 3 is 2.33 bits per heavy atom. The number of amides is 1. The predicted molar refractivity (Wildman–Crippen MR) is 67.7 cm³/mol. The quantitative estimate of drug-likeness (QED) is 0.898. The number of nitrogens with one attached hydrogen (secondary N) is 1. The number of aliphatic carboxylic acids is 1. The molecule has 0 atom stereocenters. The van der Waals surface area contributed by atoms with Gasteiger partial charge in [-0.05, 0) is 25.0 Å². The number of halogens is 3. The summed E-state index contributed by atoms with van der Waals surface area (Å²) in [5.41, 5.74) is -2.56. The maximum absolute atomic E-state index is 12.8. The summed E-state index contributed by atoms with van der Waals surface area (Å²) < 4.78 is 38.4. The van der Waals surface area contributed by atoms with Crippen LogP contribution in [0.2, 0.25) is 0 Å². The Morgan fingerprint density at radius 1 is 1.24 bits per heavy atom. The van der Waals surface area contributed by atoms with Gasteiger partial charge in [0.05, 0.1) is 16.5 Å². The molecule has 0 bridgehead atoms. The summed E-state index contributed by atoms with van der Waals surface area (Å²) in [6.45, 7) is -0.159. The van der Waals surface area contributed by atoms with Crippen molar-refractivity contribution in [3.63, 3.8) is 0 Å². The minimum absolute atomic E-state index is 0.159. The van der Waals surface area contributed by atoms with Crippen LogP contribution in [-0.4, -0.2) is 23.5 Å². The Labute approximate surface area is 119 Å². The number of carbonyl (C=O) groups is 2. The van der Waals surface area contributed by atoms with Crippen LogP contribution < -0.4 is 5.32 Å². The van der Waals surface area contributed by atoms with Crippen molar-refractivity contribution in [1.29, 1.82) is 0 Å². The lowest BCUT2D eigenvalue weighted by Crippen LogP contribution is -2.47. The molecule has 1 aromatic carbocycles. The number of hydrogen-bond donors (Lipinski definition) is 2. The van der Waals surface area contributed by atoms with Gasteiger partial charge in [-0.25, -0.2) is 0 Å². The molecule has 0 aliphatic heterocycles. The molecule has 1 aliphatic carbocycles. The summed E-state index contributed by atoms with van der Waals surface area (Å²) in [6.07, 6.45) is -3.05. The smallest absolute Gasteiger partial charge is 0.417 e.